The Bertz CT molecular complexity index is 507. The number of allylic oxidation sites excluding steroid dienone is 3. The first-order valence-electron chi connectivity index (χ1n) is 4.80. The first-order chi connectivity index (χ1) is 7.60. The second-order valence-electron chi connectivity index (χ2n) is 3.30. The van der Waals surface area contributed by atoms with Crippen LogP contribution in [0.5, 0.6) is 0 Å². The van der Waals surface area contributed by atoms with Gasteiger partial charge in [-0.15, -0.1) is 0 Å². The van der Waals surface area contributed by atoms with Crippen LogP contribution in [0.25, 0.3) is 0 Å². The normalized spacial score (nSPS) is 11.8. The molecule has 0 unspecified atom stereocenters. The van der Waals surface area contributed by atoms with Gasteiger partial charge >= 0.3 is 10.6 Å². The van der Waals surface area contributed by atoms with Gasteiger partial charge in [-0.25, -0.2) is 13.3 Å². The third-order valence-corrected chi connectivity index (χ3v) is 2.85. The molecule has 0 aromatic carbocycles. The SMILES string of the molecule is C=C/C=C(\C)Cn1sc(=O)n(CCO)c1=O. The van der Waals surface area contributed by atoms with Crippen molar-refractivity contribution >= 4 is 11.5 Å². The van der Waals surface area contributed by atoms with Crippen molar-refractivity contribution in [3.63, 3.8) is 0 Å². The zero-order chi connectivity index (χ0) is 12.1. The van der Waals surface area contributed by atoms with Crippen molar-refractivity contribution in [3.8, 4) is 0 Å². The molecule has 1 rings (SSSR count). The van der Waals surface area contributed by atoms with Crippen molar-refractivity contribution in [1.82, 2.24) is 8.52 Å². The Balaban J connectivity index is 3.04. The number of hydrogen-bond donors (Lipinski definition) is 1. The number of hydrogen-bond acceptors (Lipinski definition) is 4. The number of rotatable bonds is 5. The Morgan fingerprint density at radius 1 is 1.56 bits per heavy atom. The molecule has 88 valence electrons. The van der Waals surface area contributed by atoms with Gasteiger partial charge in [-0.1, -0.05) is 24.3 Å². The number of aliphatic hydroxyl groups is 1. The van der Waals surface area contributed by atoms with Crippen LogP contribution in [0.1, 0.15) is 6.92 Å². The molecule has 0 aliphatic heterocycles. The molecular formula is C10H14N2O3S. The maximum absolute atomic E-state index is 11.7. The summed E-state index contributed by atoms with van der Waals surface area (Å²) in [5.74, 6) is 0. The van der Waals surface area contributed by atoms with Crippen molar-refractivity contribution in [1.29, 1.82) is 0 Å². The highest BCUT2D eigenvalue weighted by Gasteiger charge is 2.09. The Morgan fingerprint density at radius 3 is 2.81 bits per heavy atom. The first-order valence-corrected chi connectivity index (χ1v) is 5.57. The van der Waals surface area contributed by atoms with E-state index >= 15 is 0 Å². The van der Waals surface area contributed by atoms with E-state index < -0.39 is 0 Å². The maximum Gasteiger partial charge on any atom is 0.341 e. The van der Waals surface area contributed by atoms with E-state index in [9.17, 15) is 9.59 Å². The molecule has 0 bridgehead atoms. The van der Waals surface area contributed by atoms with Crippen LogP contribution in [0.2, 0.25) is 0 Å². The molecule has 1 aromatic heterocycles. The first kappa shape index (κ1) is 12.7. The van der Waals surface area contributed by atoms with E-state index in [1.165, 1.54) is 3.96 Å². The standard InChI is InChI=1S/C10H14N2O3S/c1-3-4-8(2)7-12-9(14)11(5-6-13)10(15)16-12/h3-4,13H,1,5-7H2,2H3/b8-4+. The summed E-state index contributed by atoms with van der Waals surface area (Å²) in [6.45, 7) is 5.62. The largest absolute Gasteiger partial charge is 0.395 e. The fourth-order valence-corrected chi connectivity index (χ4v) is 2.16. The molecule has 0 saturated carbocycles. The van der Waals surface area contributed by atoms with Crippen molar-refractivity contribution < 1.29 is 5.11 Å². The molecule has 5 nitrogen and oxygen atoms in total. The summed E-state index contributed by atoms with van der Waals surface area (Å²) in [7, 11) is 0. The quantitative estimate of drug-likeness (QED) is 0.750. The van der Waals surface area contributed by atoms with E-state index in [1.807, 2.05) is 6.92 Å². The van der Waals surface area contributed by atoms with Crippen LogP contribution in [0, 0.1) is 0 Å². The van der Waals surface area contributed by atoms with Gasteiger partial charge in [0, 0.05) is 11.5 Å². The molecule has 0 spiro atoms. The average molecular weight is 242 g/mol. The second-order valence-corrected chi connectivity index (χ2v) is 4.27. The van der Waals surface area contributed by atoms with E-state index in [0.29, 0.717) is 6.54 Å². The molecule has 0 aliphatic rings. The van der Waals surface area contributed by atoms with Gasteiger partial charge in [-0.05, 0) is 6.92 Å². The van der Waals surface area contributed by atoms with Gasteiger partial charge < -0.3 is 5.11 Å². The van der Waals surface area contributed by atoms with Gasteiger partial charge in [-0.3, -0.25) is 4.79 Å². The highest BCUT2D eigenvalue weighted by Crippen LogP contribution is 1.98. The Labute approximate surface area is 96.7 Å². The Kier molecular flexibility index (Phi) is 4.45. The van der Waals surface area contributed by atoms with Gasteiger partial charge in [-0.2, -0.15) is 0 Å². The Morgan fingerprint density at radius 2 is 2.25 bits per heavy atom. The summed E-state index contributed by atoms with van der Waals surface area (Å²) in [5, 5.41) is 8.72. The van der Waals surface area contributed by atoms with Gasteiger partial charge in [0.2, 0.25) is 0 Å². The third-order valence-electron chi connectivity index (χ3n) is 1.97. The van der Waals surface area contributed by atoms with Crippen molar-refractivity contribution in [2.75, 3.05) is 6.61 Å². The van der Waals surface area contributed by atoms with Crippen LogP contribution in [0.4, 0.5) is 0 Å². The molecule has 1 heterocycles. The molecule has 6 heteroatoms. The van der Waals surface area contributed by atoms with E-state index in [0.717, 1.165) is 21.7 Å². The second kappa shape index (κ2) is 5.62. The molecule has 0 amide bonds. The molecule has 16 heavy (non-hydrogen) atoms. The summed E-state index contributed by atoms with van der Waals surface area (Å²) in [6.07, 6.45) is 3.42. The van der Waals surface area contributed by atoms with Crippen molar-refractivity contribution in [3.05, 3.63) is 44.5 Å². The molecule has 0 atom stereocenters. The summed E-state index contributed by atoms with van der Waals surface area (Å²) in [5.41, 5.74) is 0.565. The highest BCUT2D eigenvalue weighted by molar-refractivity contribution is 7.03. The fraction of sp³-hybridized carbons (Fsp3) is 0.400. The van der Waals surface area contributed by atoms with Crippen LogP contribution in [-0.4, -0.2) is 20.2 Å². The third kappa shape index (κ3) is 2.80. The molecule has 0 aliphatic carbocycles. The predicted molar refractivity (Wildman–Crippen MR) is 63.9 cm³/mol. The number of nitrogens with zero attached hydrogens (tertiary/aromatic N) is 2. The zero-order valence-corrected chi connectivity index (χ0v) is 9.87. The van der Waals surface area contributed by atoms with Gasteiger partial charge in [0.05, 0.1) is 19.7 Å². The van der Waals surface area contributed by atoms with Crippen LogP contribution in [0.3, 0.4) is 0 Å². The van der Waals surface area contributed by atoms with Crippen LogP contribution < -0.4 is 10.6 Å². The lowest BCUT2D eigenvalue weighted by molar-refractivity contribution is 0.272. The summed E-state index contributed by atoms with van der Waals surface area (Å²) < 4.78 is 2.40. The summed E-state index contributed by atoms with van der Waals surface area (Å²) >= 11 is 0.860. The lowest BCUT2D eigenvalue weighted by Crippen LogP contribution is -2.30. The summed E-state index contributed by atoms with van der Waals surface area (Å²) in [4.78, 5) is 22.7. The maximum atomic E-state index is 11.7. The molecule has 1 N–H and O–H groups in total. The van der Waals surface area contributed by atoms with Crippen LogP contribution in [-0.2, 0) is 13.1 Å². The van der Waals surface area contributed by atoms with Crippen molar-refractivity contribution in [2.24, 2.45) is 0 Å². The van der Waals surface area contributed by atoms with E-state index in [2.05, 4.69) is 6.58 Å². The lowest BCUT2D eigenvalue weighted by atomic mass is 10.3. The Hall–Kier alpha value is -1.40. The zero-order valence-electron chi connectivity index (χ0n) is 9.05. The summed E-state index contributed by atoms with van der Waals surface area (Å²) in [6, 6.07) is 0. The molecular weight excluding hydrogens is 228 g/mol. The van der Waals surface area contributed by atoms with Crippen LogP contribution >= 0.6 is 11.5 Å². The van der Waals surface area contributed by atoms with Gasteiger partial charge in [0.1, 0.15) is 0 Å². The molecule has 0 fully saturated rings. The minimum absolute atomic E-state index is 0.0470. The minimum Gasteiger partial charge on any atom is -0.395 e. The lowest BCUT2D eigenvalue weighted by Gasteiger charge is -1.99. The van der Waals surface area contributed by atoms with Gasteiger partial charge in [0.25, 0.3) is 0 Å². The van der Waals surface area contributed by atoms with E-state index in [-0.39, 0.29) is 23.7 Å². The average Bonchev–Trinajstić information content (AvgIpc) is 2.47. The van der Waals surface area contributed by atoms with Gasteiger partial charge in [0.15, 0.2) is 0 Å². The number of aromatic nitrogens is 2. The number of aliphatic hydroxyl groups excluding tert-OH is 1. The predicted octanol–water partition coefficient (Wildman–Crippen LogP) is 0.196. The smallest absolute Gasteiger partial charge is 0.341 e. The molecule has 0 saturated heterocycles. The van der Waals surface area contributed by atoms with Crippen LogP contribution in [0.15, 0.2) is 33.9 Å². The van der Waals surface area contributed by atoms with Crippen molar-refractivity contribution in [2.45, 2.75) is 20.0 Å². The highest BCUT2D eigenvalue weighted by atomic mass is 32.1. The van der Waals surface area contributed by atoms with E-state index in [4.69, 9.17) is 5.11 Å². The molecule has 1 aromatic rings. The monoisotopic (exact) mass is 242 g/mol. The minimum atomic E-state index is -0.374. The topological polar surface area (TPSA) is 64.2 Å². The fourth-order valence-electron chi connectivity index (χ4n) is 1.26. The van der Waals surface area contributed by atoms with E-state index in [1.54, 1.807) is 12.2 Å². The molecule has 0 radical (unpaired) electrons.